The van der Waals surface area contributed by atoms with Gasteiger partial charge in [0.25, 0.3) is 5.91 Å². The molecule has 0 bridgehead atoms. The van der Waals surface area contributed by atoms with Crippen molar-refractivity contribution in [2.24, 2.45) is 0 Å². The summed E-state index contributed by atoms with van der Waals surface area (Å²) in [5, 5.41) is 4.56. The Morgan fingerprint density at radius 1 is 0.889 bits per heavy atom. The fraction of sp³-hybridized carbons (Fsp3) is 0.0741. The fourth-order valence-electron chi connectivity index (χ4n) is 4.13. The number of sulfone groups is 1. The lowest BCUT2D eigenvalue weighted by Gasteiger charge is -2.19. The van der Waals surface area contributed by atoms with Crippen LogP contribution in [0, 0.1) is 0 Å². The minimum atomic E-state index is -3.93. The second-order valence-electron chi connectivity index (χ2n) is 8.15. The molecule has 5 rings (SSSR count). The Morgan fingerprint density at radius 3 is 2.39 bits per heavy atom. The van der Waals surface area contributed by atoms with Crippen molar-refractivity contribution in [2.75, 3.05) is 6.54 Å². The molecule has 9 heteroatoms. The predicted molar refractivity (Wildman–Crippen MR) is 140 cm³/mol. The number of aromatic nitrogens is 1. The predicted octanol–water partition coefficient (Wildman–Crippen LogP) is 6.46. The van der Waals surface area contributed by atoms with Gasteiger partial charge in [0, 0.05) is 39.6 Å². The normalized spacial score (nSPS) is 12.5. The number of nitrogens with one attached hydrogen (secondary N) is 2. The molecule has 36 heavy (non-hydrogen) atoms. The summed E-state index contributed by atoms with van der Waals surface area (Å²) >= 11 is 12.4. The van der Waals surface area contributed by atoms with Gasteiger partial charge >= 0.3 is 0 Å². The smallest absolute Gasteiger partial charge is 0.287 e. The molecule has 1 amide bonds. The molecule has 1 unspecified atom stereocenters. The number of hydrogen-bond donors (Lipinski definition) is 2. The maximum absolute atomic E-state index is 13.0. The zero-order valence-electron chi connectivity index (χ0n) is 18.7. The first kappa shape index (κ1) is 24.2. The zero-order chi connectivity index (χ0) is 25.3. The first-order valence-corrected chi connectivity index (χ1v) is 13.3. The molecule has 0 fully saturated rings. The second-order valence-corrected chi connectivity index (χ2v) is 10.9. The van der Waals surface area contributed by atoms with Gasteiger partial charge in [-0.2, -0.15) is 0 Å². The highest BCUT2D eigenvalue weighted by Crippen LogP contribution is 2.34. The highest BCUT2D eigenvalue weighted by molar-refractivity contribution is 7.91. The number of carbonyl (C=O) groups is 1. The van der Waals surface area contributed by atoms with E-state index in [4.69, 9.17) is 27.6 Å². The number of halogens is 2. The molecule has 5 aromatic rings. The average molecular weight is 539 g/mol. The van der Waals surface area contributed by atoms with E-state index in [1.165, 1.54) is 36.4 Å². The minimum Gasteiger partial charge on any atom is -0.439 e. The molecular weight excluding hydrogens is 519 g/mol. The fourth-order valence-corrected chi connectivity index (χ4v) is 5.69. The first-order chi connectivity index (χ1) is 17.3. The number of amides is 1. The van der Waals surface area contributed by atoms with Crippen LogP contribution in [0.15, 0.2) is 106 Å². The van der Waals surface area contributed by atoms with Crippen LogP contribution >= 0.6 is 23.2 Å². The minimum absolute atomic E-state index is 0.0197. The summed E-state index contributed by atoms with van der Waals surface area (Å²) in [7, 11) is -3.93. The van der Waals surface area contributed by atoms with Crippen molar-refractivity contribution in [3.05, 3.63) is 118 Å². The Labute approximate surface area is 217 Å². The van der Waals surface area contributed by atoms with Crippen molar-refractivity contribution in [2.45, 2.75) is 15.9 Å². The van der Waals surface area contributed by atoms with Crippen molar-refractivity contribution in [3.63, 3.8) is 0 Å². The lowest BCUT2D eigenvalue weighted by atomic mass is 9.90. The number of rotatable bonds is 7. The molecule has 0 saturated carbocycles. The van der Waals surface area contributed by atoms with E-state index in [0.29, 0.717) is 10.0 Å². The van der Waals surface area contributed by atoms with Crippen LogP contribution in [0.25, 0.3) is 10.9 Å². The molecular formula is C27H20Cl2N2O4S. The number of carbonyl (C=O) groups excluding carboxylic acids is 1. The van der Waals surface area contributed by atoms with Crippen LogP contribution in [-0.4, -0.2) is 25.9 Å². The van der Waals surface area contributed by atoms with Crippen LogP contribution in [0.3, 0.4) is 0 Å². The van der Waals surface area contributed by atoms with Crippen molar-refractivity contribution >= 4 is 49.8 Å². The van der Waals surface area contributed by atoms with Gasteiger partial charge in [-0.1, -0.05) is 59.6 Å². The third-order valence-corrected chi connectivity index (χ3v) is 8.18. The van der Waals surface area contributed by atoms with E-state index in [2.05, 4.69) is 10.3 Å². The molecule has 3 aromatic carbocycles. The number of benzene rings is 3. The van der Waals surface area contributed by atoms with Gasteiger partial charge in [-0.05, 0) is 59.7 Å². The second kappa shape index (κ2) is 9.85. The van der Waals surface area contributed by atoms with E-state index in [1.807, 2.05) is 48.7 Å². The summed E-state index contributed by atoms with van der Waals surface area (Å²) < 4.78 is 31.2. The molecule has 1 atom stereocenters. The molecule has 2 heterocycles. The summed E-state index contributed by atoms with van der Waals surface area (Å²) in [6.45, 7) is 0.213. The highest BCUT2D eigenvalue weighted by atomic mass is 35.5. The van der Waals surface area contributed by atoms with Crippen molar-refractivity contribution in [1.29, 1.82) is 0 Å². The van der Waals surface area contributed by atoms with Crippen LogP contribution in [0.2, 0.25) is 10.0 Å². The standard InChI is InChI=1S/C27H20Cl2N2O4S/c28-17-9-11-18(12-10-17)36(33,34)26-14-13-25(35-26)27(32)31-16-21(19-5-1-3-7-23(19)29)22-15-30-24-8-4-2-6-20(22)24/h1-15,21,30H,16H2,(H,31,32). The number of aromatic amines is 1. The van der Waals surface area contributed by atoms with Gasteiger partial charge in [-0.25, -0.2) is 8.42 Å². The van der Waals surface area contributed by atoms with Crippen molar-refractivity contribution < 1.29 is 17.6 Å². The maximum Gasteiger partial charge on any atom is 0.287 e. The van der Waals surface area contributed by atoms with E-state index in [-0.39, 0.29) is 28.2 Å². The summed E-state index contributed by atoms with van der Waals surface area (Å²) in [4.78, 5) is 16.2. The molecule has 0 aliphatic carbocycles. The van der Waals surface area contributed by atoms with Crippen LogP contribution in [0.4, 0.5) is 0 Å². The molecule has 2 N–H and O–H groups in total. The van der Waals surface area contributed by atoms with Crippen LogP contribution in [0.5, 0.6) is 0 Å². The highest BCUT2D eigenvalue weighted by Gasteiger charge is 2.25. The van der Waals surface area contributed by atoms with Gasteiger partial charge in [0.2, 0.25) is 14.9 Å². The number of fused-ring (bicyclic) bond motifs is 1. The zero-order valence-corrected chi connectivity index (χ0v) is 21.1. The summed E-state index contributed by atoms with van der Waals surface area (Å²) in [6.07, 6.45) is 1.91. The molecule has 0 radical (unpaired) electrons. The molecule has 0 spiro atoms. The summed E-state index contributed by atoms with van der Waals surface area (Å²) in [6, 6.07) is 23.7. The lowest BCUT2D eigenvalue weighted by molar-refractivity contribution is 0.0919. The van der Waals surface area contributed by atoms with E-state index in [1.54, 1.807) is 6.07 Å². The van der Waals surface area contributed by atoms with Crippen molar-refractivity contribution in [1.82, 2.24) is 10.3 Å². The summed E-state index contributed by atoms with van der Waals surface area (Å²) in [5.41, 5.74) is 2.80. The quantitative estimate of drug-likeness (QED) is 0.248. The van der Waals surface area contributed by atoms with Crippen LogP contribution in [-0.2, 0) is 9.84 Å². The Kier molecular flexibility index (Phi) is 6.62. The van der Waals surface area contributed by atoms with Gasteiger partial charge < -0.3 is 14.7 Å². The van der Waals surface area contributed by atoms with Crippen LogP contribution in [0.1, 0.15) is 27.6 Å². The maximum atomic E-state index is 13.0. The number of H-pyrrole nitrogens is 1. The number of para-hydroxylation sites is 1. The Balaban J connectivity index is 1.40. The van der Waals surface area contributed by atoms with E-state index < -0.39 is 15.7 Å². The van der Waals surface area contributed by atoms with Crippen LogP contribution < -0.4 is 5.32 Å². The third-order valence-electron chi connectivity index (χ3n) is 5.94. The average Bonchev–Trinajstić information content (AvgIpc) is 3.54. The molecule has 0 aliphatic rings. The first-order valence-electron chi connectivity index (χ1n) is 11.0. The monoisotopic (exact) mass is 538 g/mol. The Morgan fingerprint density at radius 2 is 1.61 bits per heavy atom. The molecule has 182 valence electrons. The third kappa shape index (κ3) is 4.65. The van der Waals surface area contributed by atoms with Gasteiger partial charge in [0.15, 0.2) is 5.76 Å². The van der Waals surface area contributed by atoms with Gasteiger partial charge in [0.1, 0.15) is 0 Å². The molecule has 6 nitrogen and oxygen atoms in total. The Hall–Kier alpha value is -3.52. The summed E-state index contributed by atoms with van der Waals surface area (Å²) in [5.74, 6) is -0.908. The Bertz CT molecular complexity index is 1660. The molecule has 2 aromatic heterocycles. The van der Waals surface area contributed by atoms with Crippen molar-refractivity contribution in [3.8, 4) is 0 Å². The van der Waals surface area contributed by atoms with E-state index in [0.717, 1.165) is 22.0 Å². The number of hydrogen-bond acceptors (Lipinski definition) is 4. The van der Waals surface area contributed by atoms with Gasteiger partial charge in [0.05, 0.1) is 4.90 Å². The molecule has 0 aliphatic heterocycles. The van der Waals surface area contributed by atoms with E-state index >= 15 is 0 Å². The largest absolute Gasteiger partial charge is 0.439 e. The lowest BCUT2D eigenvalue weighted by Crippen LogP contribution is -2.28. The SMILES string of the molecule is O=C(NCC(c1ccccc1Cl)c1c[nH]c2ccccc12)c1ccc(S(=O)(=O)c2ccc(Cl)cc2)o1. The number of furan rings is 1. The van der Waals surface area contributed by atoms with E-state index in [9.17, 15) is 13.2 Å². The van der Waals surface area contributed by atoms with Gasteiger partial charge in [-0.15, -0.1) is 0 Å². The topological polar surface area (TPSA) is 92.2 Å². The molecule has 0 saturated heterocycles. The van der Waals surface area contributed by atoms with Gasteiger partial charge in [-0.3, -0.25) is 4.79 Å².